The first-order valence-corrected chi connectivity index (χ1v) is 10.4. The highest BCUT2D eigenvalue weighted by Crippen LogP contribution is 2.09. The summed E-state index contributed by atoms with van der Waals surface area (Å²) in [6.07, 6.45) is 5.72. The number of hydrogen-bond acceptors (Lipinski definition) is 5. The number of amides is 4. The summed E-state index contributed by atoms with van der Waals surface area (Å²) in [5.74, 6) is -1.45. The van der Waals surface area contributed by atoms with Crippen molar-refractivity contribution in [1.29, 1.82) is 0 Å². The Kier molecular flexibility index (Phi) is 12.0. The van der Waals surface area contributed by atoms with Gasteiger partial charge in [0.05, 0.1) is 0 Å². The van der Waals surface area contributed by atoms with Crippen LogP contribution in [0.25, 0.3) is 0 Å². The highest BCUT2D eigenvalue weighted by molar-refractivity contribution is 5.89. The van der Waals surface area contributed by atoms with E-state index in [-0.39, 0.29) is 19.4 Å². The van der Waals surface area contributed by atoms with Crippen LogP contribution in [0.15, 0.2) is 24.3 Å². The molecule has 12 nitrogen and oxygen atoms in total. The molecule has 0 heterocycles. The van der Waals surface area contributed by atoms with Crippen LogP contribution in [0.3, 0.4) is 0 Å². The van der Waals surface area contributed by atoms with E-state index in [1.165, 1.54) is 0 Å². The van der Waals surface area contributed by atoms with E-state index in [9.17, 15) is 29.1 Å². The number of carboxylic acid groups (broad SMARTS) is 3. The van der Waals surface area contributed by atoms with Crippen molar-refractivity contribution in [1.82, 2.24) is 16.0 Å². The van der Waals surface area contributed by atoms with Crippen LogP contribution in [0.2, 0.25) is 0 Å². The van der Waals surface area contributed by atoms with E-state index in [1.54, 1.807) is 24.3 Å². The number of carbonyl (C=O) groups excluding carboxylic acids is 2. The van der Waals surface area contributed by atoms with E-state index in [0.29, 0.717) is 24.9 Å². The quantitative estimate of drug-likeness (QED) is 0.154. The number of unbranched alkanes of at least 4 members (excludes halogenated alkanes) is 1. The Hall–Kier alpha value is -4.27. The molecule has 2 atom stereocenters. The lowest BCUT2D eigenvalue weighted by atomic mass is 10.1. The Bertz CT molecular complexity index is 910. The van der Waals surface area contributed by atoms with Gasteiger partial charge in [-0.25, -0.2) is 19.2 Å². The molecule has 0 bridgehead atoms. The number of benzene rings is 1. The third-order valence-corrected chi connectivity index (χ3v) is 4.58. The van der Waals surface area contributed by atoms with E-state index < -0.39 is 48.5 Å². The fourth-order valence-corrected chi connectivity index (χ4v) is 2.82. The molecule has 7 N–H and O–H groups in total. The molecular formula is C22H28N4O8. The van der Waals surface area contributed by atoms with Gasteiger partial charge in [-0.05, 0) is 43.4 Å². The van der Waals surface area contributed by atoms with E-state index in [4.69, 9.17) is 16.6 Å². The van der Waals surface area contributed by atoms with Gasteiger partial charge < -0.3 is 36.6 Å². The number of anilines is 1. The molecule has 4 amide bonds. The normalized spacial score (nSPS) is 11.9. The zero-order valence-corrected chi connectivity index (χ0v) is 18.4. The van der Waals surface area contributed by atoms with Gasteiger partial charge in [-0.3, -0.25) is 4.79 Å². The average molecular weight is 476 g/mol. The van der Waals surface area contributed by atoms with Gasteiger partial charge in [-0.1, -0.05) is 12.1 Å². The Balaban J connectivity index is 2.37. The standard InChI is InChI=1S/C22H28N4O8/c1-2-5-14-7-9-15(10-8-14)24-21(33)23-13-4-3-6-16(19(29)30)25-22(34)26-17(20(31)32)11-12-18(27)28/h1,7-10,16-17H,3-6,11-13H2,(H,27,28)(H,29,30)(H,31,32)(H2,23,24,33)(H2,25,26,34). The molecular weight excluding hydrogens is 448 g/mol. The average Bonchev–Trinajstić information content (AvgIpc) is 2.76. The summed E-state index contributed by atoms with van der Waals surface area (Å²) in [6, 6.07) is 2.82. The zero-order chi connectivity index (χ0) is 25.5. The minimum absolute atomic E-state index is 0.0373. The van der Waals surface area contributed by atoms with Gasteiger partial charge in [-0.15, -0.1) is 12.3 Å². The fourth-order valence-electron chi connectivity index (χ4n) is 2.82. The third-order valence-electron chi connectivity index (χ3n) is 4.58. The van der Waals surface area contributed by atoms with Crippen molar-refractivity contribution in [2.24, 2.45) is 0 Å². The van der Waals surface area contributed by atoms with Crippen molar-refractivity contribution in [2.45, 2.75) is 50.6 Å². The second kappa shape index (κ2) is 14.7. The molecule has 184 valence electrons. The topological polar surface area (TPSA) is 194 Å². The van der Waals surface area contributed by atoms with Crippen LogP contribution in [0, 0.1) is 12.3 Å². The smallest absolute Gasteiger partial charge is 0.326 e. The fraction of sp³-hybridized carbons (Fsp3) is 0.409. The Morgan fingerprint density at radius 2 is 1.44 bits per heavy atom. The van der Waals surface area contributed by atoms with Gasteiger partial charge in [0.2, 0.25) is 0 Å². The predicted octanol–water partition coefficient (Wildman–Crippen LogP) is 1.22. The lowest BCUT2D eigenvalue weighted by Gasteiger charge is -2.18. The predicted molar refractivity (Wildman–Crippen MR) is 121 cm³/mol. The molecule has 0 aliphatic carbocycles. The van der Waals surface area contributed by atoms with Crippen molar-refractivity contribution in [3.05, 3.63) is 29.8 Å². The van der Waals surface area contributed by atoms with Gasteiger partial charge in [-0.2, -0.15) is 0 Å². The first kappa shape index (κ1) is 27.8. The molecule has 0 fully saturated rings. The summed E-state index contributed by atoms with van der Waals surface area (Å²) in [4.78, 5) is 57.0. The van der Waals surface area contributed by atoms with Crippen LogP contribution >= 0.6 is 0 Å². The summed E-state index contributed by atoms with van der Waals surface area (Å²) < 4.78 is 0. The summed E-state index contributed by atoms with van der Waals surface area (Å²) in [5.41, 5.74) is 1.53. The molecule has 0 aliphatic rings. The maximum absolute atomic E-state index is 12.0. The van der Waals surface area contributed by atoms with E-state index in [2.05, 4.69) is 27.2 Å². The lowest BCUT2D eigenvalue weighted by Crippen LogP contribution is -2.51. The summed E-state index contributed by atoms with van der Waals surface area (Å²) in [6.45, 7) is 0.260. The highest BCUT2D eigenvalue weighted by atomic mass is 16.4. The summed E-state index contributed by atoms with van der Waals surface area (Å²) in [5, 5.41) is 36.5. The van der Waals surface area contributed by atoms with Crippen LogP contribution in [0.5, 0.6) is 0 Å². The molecule has 0 spiro atoms. The summed E-state index contributed by atoms with van der Waals surface area (Å²) in [7, 11) is 0. The maximum Gasteiger partial charge on any atom is 0.326 e. The minimum Gasteiger partial charge on any atom is -0.481 e. The maximum atomic E-state index is 12.0. The van der Waals surface area contributed by atoms with Crippen molar-refractivity contribution in [2.75, 3.05) is 11.9 Å². The van der Waals surface area contributed by atoms with Gasteiger partial charge in [0, 0.05) is 25.1 Å². The van der Waals surface area contributed by atoms with E-state index in [0.717, 1.165) is 5.56 Å². The second-order valence-corrected chi connectivity index (χ2v) is 7.29. The molecule has 1 aromatic rings. The molecule has 0 saturated carbocycles. The molecule has 1 rings (SSSR count). The van der Waals surface area contributed by atoms with Crippen molar-refractivity contribution in [3.8, 4) is 12.3 Å². The number of terminal acetylenes is 1. The van der Waals surface area contributed by atoms with Crippen LogP contribution in [0.4, 0.5) is 15.3 Å². The molecule has 1 aromatic carbocycles. The first-order valence-electron chi connectivity index (χ1n) is 10.4. The van der Waals surface area contributed by atoms with Crippen LogP contribution in [0.1, 0.15) is 37.7 Å². The number of carbonyl (C=O) groups is 5. The molecule has 34 heavy (non-hydrogen) atoms. The van der Waals surface area contributed by atoms with Gasteiger partial charge in [0.25, 0.3) is 0 Å². The van der Waals surface area contributed by atoms with Gasteiger partial charge in [0.15, 0.2) is 0 Å². The SMILES string of the molecule is C#CCc1ccc(NC(=O)NCCCCC(NC(=O)NC(CCC(=O)O)C(=O)O)C(=O)O)cc1. The minimum atomic E-state index is -1.47. The number of carboxylic acids is 3. The second-order valence-electron chi connectivity index (χ2n) is 7.29. The first-order chi connectivity index (χ1) is 16.1. The van der Waals surface area contributed by atoms with E-state index >= 15 is 0 Å². The number of aliphatic carboxylic acids is 3. The van der Waals surface area contributed by atoms with Crippen LogP contribution < -0.4 is 21.3 Å². The number of nitrogens with one attached hydrogen (secondary N) is 4. The van der Waals surface area contributed by atoms with Crippen molar-refractivity contribution in [3.63, 3.8) is 0 Å². The van der Waals surface area contributed by atoms with Gasteiger partial charge in [0.1, 0.15) is 12.1 Å². The summed E-state index contributed by atoms with van der Waals surface area (Å²) >= 11 is 0. The molecule has 0 aliphatic heterocycles. The number of urea groups is 2. The van der Waals surface area contributed by atoms with E-state index in [1.807, 2.05) is 0 Å². The van der Waals surface area contributed by atoms with Crippen molar-refractivity contribution < 1.29 is 39.3 Å². The zero-order valence-electron chi connectivity index (χ0n) is 18.4. The van der Waals surface area contributed by atoms with Gasteiger partial charge >= 0.3 is 30.0 Å². The monoisotopic (exact) mass is 476 g/mol. The van der Waals surface area contributed by atoms with Crippen molar-refractivity contribution >= 4 is 35.7 Å². The Morgan fingerprint density at radius 3 is 1.97 bits per heavy atom. The molecule has 0 radical (unpaired) electrons. The molecule has 2 unspecified atom stereocenters. The van der Waals surface area contributed by atoms with Crippen LogP contribution in [-0.2, 0) is 20.8 Å². The number of hydrogen-bond donors (Lipinski definition) is 7. The number of rotatable bonds is 14. The van der Waals surface area contributed by atoms with Crippen LogP contribution in [-0.4, -0.2) is 63.9 Å². The Morgan fingerprint density at radius 1 is 0.853 bits per heavy atom. The lowest BCUT2D eigenvalue weighted by molar-refractivity contribution is -0.140. The molecule has 12 heteroatoms. The molecule has 0 aromatic heterocycles. The highest BCUT2D eigenvalue weighted by Gasteiger charge is 2.24. The third kappa shape index (κ3) is 11.4. The largest absolute Gasteiger partial charge is 0.481 e. The molecule has 0 saturated heterocycles. The Labute approximate surface area is 196 Å².